The Labute approximate surface area is 117 Å². The number of aromatic nitrogens is 3. The summed E-state index contributed by atoms with van der Waals surface area (Å²) in [5.74, 6) is 0.573. The van der Waals surface area contributed by atoms with Crippen molar-refractivity contribution in [3.05, 3.63) is 44.3 Å². The quantitative estimate of drug-likeness (QED) is 0.689. The molecule has 0 unspecified atom stereocenters. The third-order valence-corrected chi connectivity index (χ3v) is 3.76. The van der Waals surface area contributed by atoms with Gasteiger partial charge < -0.3 is 5.32 Å². The van der Waals surface area contributed by atoms with Gasteiger partial charge in [-0.15, -0.1) is 0 Å². The van der Waals surface area contributed by atoms with Gasteiger partial charge >= 0.3 is 0 Å². The van der Waals surface area contributed by atoms with Crippen molar-refractivity contribution in [2.75, 3.05) is 5.32 Å². The molecule has 1 N–H and O–H groups in total. The maximum absolute atomic E-state index is 10.8. The monoisotopic (exact) mass is 325 g/mol. The Morgan fingerprint density at radius 2 is 2.32 bits per heavy atom. The Balaban J connectivity index is 2.20. The molecule has 100 valence electrons. The van der Waals surface area contributed by atoms with Crippen molar-refractivity contribution in [3.63, 3.8) is 0 Å². The first-order valence-corrected chi connectivity index (χ1v) is 6.30. The van der Waals surface area contributed by atoms with Crippen molar-refractivity contribution in [1.29, 1.82) is 0 Å². The van der Waals surface area contributed by atoms with Crippen LogP contribution in [0.25, 0.3) is 0 Å². The van der Waals surface area contributed by atoms with E-state index in [-0.39, 0.29) is 5.69 Å². The van der Waals surface area contributed by atoms with Gasteiger partial charge in [-0.2, -0.15) is 5.10 Å². The predicted molar refractivity (Wildman–Crippen MR) is 73.9 cm³/mol. The number of hydrogen-bond donors (Lipinski definition) is 1. The molecule has 0 fully saturated rings. The molecule has 2 heterocycles. The molecular formula is C11H12BrN5O2. The molecule has 0 saturated carbocycles. The number of hydrogen-bond acceptors (Lipinski definition) is 5. The van der Waals surface area contributed by atoms with Gasteiger partial charge in [-0.3, -0.25) is 14.8 Å². The lowest BCUT2D eigenvalue weighted by molar-refractivity contribution is -0.385. The molecule has 0 aromatic carbocycles. The molecule has 2 aromatic rings. The van der Waals surface area contributed by atoms with Crippen LogP contribution in [0, 0.1) is 17.0 Å². The Bertz CT molecular complexity index is 626. The summed E-state index contributed by atoms with van der Waals surface area (Å²) in [6.07, 6.45) is 2.96. The number of nitrogens with zero attached hydrogens (tertiary/aromatic N) is 4. The zero-order valence-corrected chi connectivity index (χ0v) is 12.0. The molecule has 0 aliphatic carbocycles. The van der Waals surface area contributed by atoms with Gasteiger partial charge in [-0.25, -0.2) is 4.98 Å². The number of pyridine rings is 1. The molecule has 0 aliphatic heterocycles. The van der Waals surface area contributed by atoms with Gasteiger partial charge in [-0.05, 0) is 28.9 Å². The second-order valence-corrected chi connectivity index (χ2v) is 4.78. The number of nitrogens with one attached hydrogen (secondary N) is 1. The molecule has 0 saturated heterocycles. The second kappa shape index (κ2) is 5.35. The van der Waals surface area contributed by atoms with Crippen molar-refractivity contribution >= 4 is 27.4 Å². The zero-order chi connectivity index (χ0) is 14.0. The van der Waals surface area contributed by atoms with Gasteiger partial charge in [0.15, 0.2) is 0 Å². The van der Waals surface area contributed by atoms with Crippen LogP contribution in [-0.2, 0) is 13.6 Å². The van der Waals surface area contributed by atoms with Crippen LogP contribution in [0.15, 0.2) is 22.9 Å². The average molecular weight is 326 g/mol. The summed E-state index contributed by atoms with van der Waals surface area (Å²) >= 11 is 3.33. The molecule has 0 amide bonds. The molecule has 0 atom stereocenters. The smallest absolute Gasteiger partial charge is 0.291 e. The van der Waals surface area contributed by atoms with Crippen LogP contribution in [0.4, 0.5) is 11.5 Å². The van der Waals surface area contributed by atoms with Gasteiger partial charge in [-0.1, -0.05) is 0 Å². The van der Waals surface area contributed by atoms with Gasteiger partial charge in [0.05, 0.1) is 21.6 Å². The first-order chi connectivity index (χ1) is 9.00. The summed E-state index contributed by atoms with van der Waals surface area (Å²) < 4.78 is 2.35. The molecule has 7 nitrogen and oxygen atoms in total. The standard InChI is InChI=1S/C11H12BrN5O2/c1-7-9(17(18)19)6-14-11(10(7)12)13-5-8-3-4-15-16(8)2/h3-4,6H,5H2,1-2H3,(H,13,14). The number of halogens is 1. The second-order valence-electron chi connectivity index (χ2n) is 3.99. The first kappa shape index (κ1) is 13.5. The molecule has 19 heavy (non-hydrogen) atoms. The minimum atomic E-state index is -0.446. The van der Waals surface area contributed by atoms with Crippen LogP contribution in [0.5, 0.6) is 0 Å². The number of nitro groups is 1. The van der Waals surface area contributed by atoms with E-state index >= 15 is 0 Å². The van der Waals surface area contributed by atoms with Gasteiger partial charge in [0, 0.05) is 18.8 Å². The van der Waals surface area contributed by atoms with Crippen molar-refractivity contribution < 1.29 is 4.92 Å². The van der Waals surface area contributed by atoms with E-state index in [1.165, 1.54) is 6.20 Å². The van der Waals surface area contributed by atoms with E-state index in [9.17, 15) is 10.1 Å². The number of anilines is 1. The Hall–Kier alpha value is -1.96. The molecular weight excluding hydrogens is 314 g/mol. The summed E-state index contributed by atoms with van der Waals surface area (Å²) in [5.41, 5.74) is 1.54. The highest BCUT2D eigenvalue weighted by atomic mass is 79.9. The zero-order valence-electron chi connectivity index (χ0n) is 10.4. The highest BCUT2D eigenvalue weighted by Gasteiger charge is 2.17. The normalized spacial score (nSPS) is 10.5. The topological polar surface area (TPSA) is 85.9 Å². The van der Waals surface area contributed by atoms with Gasteiger partial charge in [0.1, 0.15) is 12.0 Å². The van der Waals surface area contributed by atoms with E-state index in [0.29, 0.717) is 22.4 Å². The Kier molecular flexibility index (Phi) is 3.79. The Morgan fingerprint density at radius 1 is 1.58 bits per heavy atom. The molecule has 2 rings (SSSR count). The minimum Gasteiger partial charge on any atom is -0.363 e. The van der Waals surface area contributed by atoms with E-state index in [1.54, 1.807) is 17.8 Å². The summed E-state index contributed by atoms with van der Waals surface area (Å²) in [4.78, 5) is 14.4. The third-order valence-electron chi connectivity index (χ3n) is 2.79. The summed E-state index contributed by atoms with van der Waals surface area (Å²) in [5, 5.41) is 18.0. The third kappa shape index (κ3) is 2.73. The molecule has 2 aromatic heterocycles. The molecule has 0 bridgehead atoms. The van der Waals surface area contributed by atoms with Crippen molar-refractivity contribution in [2.45, 2.75) is 13.5 Å². The van der Waals surface area contributed by atoms with Crippen molar-refractivity contribution in [2.24, 2.45) is 7.05 Å². The fraction of sp³-hybridized carbons (Fsp3) is 0.273. The van der Waals surface area contributed by atoms with E-state index in [1.807, 2.05) is 13.1 Å². The van der Waals surface area contributed by atoms with E-state index in [4.69, 9.17) is 0 Å². The highest BCUT2D eigenvalue weighted by Crippen LogP contribution is 2.30. The van der Waals surface area contributed by atoms with Gasteiger partial charge in [0.25, 0.3) is 5.69 Å². The van der Waals surface area contributed by atoms with Crippen LogP contribution in [-0.4, -0.2) is 19.7 Å². The van der Waals surface area contributed by atoms with Crippen LogP contribution >= 0.6 is 15.9 Å². The molecule has 0 aliphatic rings. The minimum absolute atomic E-state index is 0.00189. The lowest BCUT2D eigenvalue weighted by Gasteiger charge is -2.09. The summed E-state index contributed by atoms with van der Waals surface area (Å²) in [7, 11) is 1.85. The summed E-state index contributed by atoms with van der Waals surface area (Å²) in [6, 6.07) is 1.89. The van der Waals surface area contributed by atoms with Crippen LogP contribution < -0.4 is 5.32 Å². The largest absolute Gasteiger partial charge is 0.363 e. The van der Waals surface area contributed by atoms with Crippen LogP contribution in [0.2, 0.25) is 0 Å². The van der Waals surface area contributed by atoms with Gasteiger partial charge in [0.2, 0.25) is 0 Å². The van der Waals surface area contributed by atoms with E-state index in [2.05, 4.69) is 31.3 Å². The summed E-state index contributed by atoms with van der Waals surface area (Å²) in [6.45, 7) is 2.22. The van der Waals surface area contributed by atoms with Crippen molar-refractivity contribution in [3.8, 4) is 0 Å². The lowest BCUT2D eigenvalue weighted by atomic mass is 10.2. The SMILES string of the molecule is Cc1c([N+](=O)[O-])cnc(NCc2ccnn2C)c1Br. The lowest BCUT2D eigenvalue weighted by Crippen LogP contribution is -2.08. The maximum Gasteiger partial charge on any atom is 0.291 e. The van der Waals surface area contributed by atoms with E-state index < -0.39 is 4.92 Å². The molecule has 0 radical (unpaired) electrons. The number of rotatable bonds is 4. The van der Waals surface area contributed by atoms with Crippen molar-refractivity contribution in [1.82, 2.24) is 14.8 Å². The fourth-order valence-electron chi connectivity index (χ4n) is 1.63. The van der Waals surface area contributed by atoms with Crippen LogP contribution in [0.3, 0.4) is 0 Å². The predicted octanol–water partition coefficient (Wildman–Crippen LogP) is 2.41. The van der Waals surface area contributed by atoms with Crippen LogP contribution in [0.1, 0.15) is 11.3 Å². The molecule has 0 spiro atoms. The first-order valence-electron chi connectivity index (χ1n) is 5.51. The van der Waals surface area contributed by atoms with E-state index in [0.717, 1.165) is 5.69 Å². The highest BCUT2D eigenvalue weighted by molar-refractivity contribution is 9.10. The fourth-order valence-corrected chi connectivity index (χ4v) is 2.07. The maximum atomic E-state index is 10.8. The average Bonchev–Trinajstić information content (AvgIpc) is 2.76. The molecule has 8 heteroatoms. The number of aryl methyl sites for hydroxylation is 1. The Morgan fingerprint density at radius 3 is 2.89 bits per heavy atom.